The number of hydrogen-bond donors (Lipinski definition) is 1. The van der Waals surface area contributed by atoms with Crippen LogP contribution in [0.3, 0.4) is 0 Å². The molecule has 7 heteroatoms. The second kappa shape index (κ2) is 5.87. The van der Waals surface area contributed by atoms with Crippen molar-refractivity contribution < 1.29 is 9.72 Å². The Morgan fingerprint density at radius 2 is 2.26 bits per heavy atom. The van der Waals surface area contributed by atoms with Crippen molar-refractivity contribution in [3.8, 4) is 0 Å². The predicted molar refractivity (Wildman–Crippen MR) is 72.5 cm³/mol. The minimum atomic E-state index is -0.550. The van der Waals surface area contributed by atoms with Gasteiger partial charge in [0.25, 0.3) is 11.6 Å². The summed E-state index contributed by atoms with van der Waals surface area (Å²) in [6.45, 7) is 0. The summed E-state index contributed by atoms with van der Waals surface area (Å²) in [6.07, 6.45) is 1.51. The second-order valence-corrected chi connectivity index (χ2v) is 4.34. The van der Waals surface area contributed by atoms with Crippen molar-refractivity contribution in [1.82, 2.24) is 5.43 Å². The summed E-state index contributed by atoms with van der Waals surface area (Å²) in [6, 6.07) is 7.33. The Bertz CT molecular complexity index is 623. The first-order valence-corrected chi connectivity index (χ1v) is 6.21. The number of nitro groups is 1. The number of hydrazone groups is 1. The summed E-state index contributed by atoms with van der Waals surface area (Å²) in [5.74, 6) is -0.491. The van der Waals surface area contributed by atoms with E-state index in [9.17, 15) is 14.9 Å². The van der Waals surface area contributed by atoms with Gasteiger partial charge in [0.2, 0.25) is 0 Å². The van der Waals surface area contributed by atoms with Crippen LogP contribution in [0.15, 0.2) is 46.2 Å². The Morgan fingerprint density at radius 3 is 2.95 bits per heavy atom. The van der Waals surface area contributed by atoms with Crippen molar-refractivity contribution in [2.45, 2.75) is 0 Å². The first-order chi connectivity index (χ1) is 9.16. The van der Waals surface area contributed by atoms with Crippen LogP contribution in [0.2, 0.25) is 0 Å². The molecule has 0 radical (unpaired) electrons. The van der Waals surface area contributed by atoms with E-state index in [0.29, 0.717) is 0 Å². The maximum absolute atomic E-state index is 11.7. The molecule has 1 amide bonds. The number of non-ortho nitro benzene ring substituents is 1. The molecule has 0 bridgehead atoms. The van der Waals surface area contributed by atoms with Crippen LogP contribution in [0.1, 0.15) is 15.9 Å². The van der Waals surface area contributed by atoms with Crippen molar-refractivity contribution in [2.75, 3.05) is 0 Å². The summed E-state index contributed by atoms with van der Waals surface area (Å²) in [7, 11) is 0. The van der Waals surface area contributed by atoms with Crippen molar-refractivity contribution in [2.24, 2.45) is 5.10 Å². The van der Waals surface area contributed by atoms with Crippen LogP contribution in [0.5, 0.6) is 0 Å². The van der Waals surface area contributed by atoms with Crippen LogP contribution in [-0.4, -0.2) is 17.0 Å². The molecule has 0 aliphatic heterocycles. The molecule has 0 unspecified atom stereocenters. The van der Waals surface area contributed by atoms with Crippen molar-refractivity contribution in [1.29, 1.82) is 0 Å². The molecule has 0 aliphatic carbocycles. The highest BCUT2D eigenvalue weighted by atomic mass is 32.1. The quantitative estimate of drug-likeness (QED) is 0.528. The molecular weight excluding hydrogens is 266 g/mol. The van der Waals surface area contributed by atoms with Crippen LogP contribution in [-0.2, 0) is 0 Å². The predicted octanol–water partition coefficient (Wildman–Crippen LogP) is 2.42. The van der Waals surface area contributed by atoms with E-state index in [1.54, 1.807) is 0 Å². The topological polar surface area (TPSA) is 84.6 Å². The minimum Gasteiger partial charge on any atom is -0.267 e. The monoisotopic (exact) mass is 275 g/mol. The molecule has 0 aliphatic rings. The van der Waals surface area contributed by atoms with Gasteiger partial charge in [0.15, 0.2) is 0 Å². The molecule has 6 nitrogen and oxygen atoms in total. The lowest BCUT2D eigenvalue weighted by Gasteiger charge is -1.99. The molecule has 96 valence electrons. The van der Waals surface area contributed by atoms with E-state index >= 15 is 0 Å². The number of carbonyl (C=O) groups is 1. The van der Waals surface area contributed by atoms with E-state index in [2.05, 4.69) is 10.5 Å². The maximum atomic E-state index is 11.7. The fourth-order valence-corrected chi connectivity index (χ4v) is 1.95. The van der Waals surface area contributed by atoms with Crippen LogP contribution in [0, 0.1) is 10.1 Å². The van der Waals surface area contributed by atoms with Gasteiger partial charge in [0.1, 0.15) is 0 Å². The summed E-state index contributed by atoms with van der Waals surface area (Å²) in [4.78, 5) is 21.7. The van der Waals surface area contributed by atoms with E-state index < -0.39 is 10.8 Å². The van der Waals surface area contributed by atoms with Gasteiger partial charge < -0.3 is 0 Å². The van der Waals surface area contributed by atoms with Crippen LogP contribution < -0.4 is 5.43 Å². The van der Waals surface area contributed by atoms with E-state index in [0.717, 1.165) is 5.56 Å². The summed E-state index contributed by atoms with van der Waals surface area (Å²) in [5.41, 5.74) is 3.26. The number of amides is 1. The summed E-state index contributed by atoms with van der Waals surface area (Å²) < 4.78 is 0. The molecule has 1 heterocycles. The number of nitrogens with zero attached hydrogens (tertiary/aromatic N) is 2. The molecule has 1 N–H and O–H groups in total. The Balaban J connectivity index is 2.04. The molecule has 19 heavy (non-hydrogen) atoms. The number of nitrogens with one attached hydrogen (secondary N) is 1. The van der Waals surface area contributed by atoms with Crippen LogP contribution in [0.25, 0.3) is 0 Å². The number of thiophene rings is 1. The standard InChI is InChI=1S/C12H9N3O3S/c16-12(14-13-7-9-4-5-19-8-9)10-2-1-3-11(6-10)15(17)18/h1-8H,(H,14,16). The van der Waals surface area contributed by atoms with Gasteiger partial charge in [-0.3, -0.25) is 14.9 Å². The summed E-state index contributed by atoms with van der Waals surface area (Å²) in [5, 5.41) is 18.1. The SMILES string of the molecule is O=C(NN=Cc1ccsc1)c1cccc([N+](=O)[O-])c1. The number of rotatable bonds is 4. The number of hydrogen-bond acceptors (Lipinski definition) is 5. The minimum absolute atomic E-state index is 0.130. The first kappa shape index (κ1) is 12.9. The van der Waals surface area contributed by atoms with Gasteiger partial charge in [-0.2, -0.15) is 16.4 Å². The van der Waals surface area contributed by atoms with Gasteiger partial charge in [0, 0.05) is 23.3 Å². The zero-order valence-electron chi connectivity index (χ0n) is 9.65. The second-order valence-electron chi connectivity index (χ2n) is 3.56. The van der Waals surface area contributed by atoms with E-state index in [1.165, 1.54) is 41.8 Å². The van der Waals surface area contributed by atoms with Gasteiger partial charge in [-0.15, -0.1) is 0 Å². The lowest BCUT2D eigenvalue weighted by molar-refractivity contribution is -0.384. The van der Waals surface area contributed by atoms with E-state index in [-0.39, 0.29) is 11.3 Å². The van der Waals surface area contributed by atoms with Gasteiger partial charge >= 0.3 is 0 Å². The largest absolute Gasteiger partial charge is 0.271 e. The van der Waals surface area contributed by atoms with Gasteiger partial charge in [-0.1, -0.05) is 6.07 Å². The Hall–Kier alpha value is -2.54. The normalized spacial score (nSPS) is 10.5. The first-order valence-electron chi connectivity index (χ1n) is 5.27. The van der Waals surface area contributed by atoms with Crippen LogP contribution in [0.4, 0.5) is 5.69 Å². The highest BCUT2D eigenvalue weighted by Crippen LogP contribution is 2.12. The Morgan fingerprint density at radius 1 is 1.42 bits per heavy atom. The zero-order chi connectivity index (χ0) is 13.7. The molecule has 1 aromatic carbocycles. The lowest BCUT2D eigenvalue weighted by Crippen LogP contribution is -2.17. The number of carbonyl (C=O) groups excluding carboxylic acids is 1. The van der Waals surface area contributed by atoms with Gasteiger partial charge in [-0.25, -0.2) is 5.43 Å². The molecule has 0 saturated heterocycles. The van der Waals surface area contributed by atoms with Crippen molar-refractivity contribution >= 4 is 29.1 Å². The Labute approximate surface area is 112 Å². The van der Waals surface area contributed by atoms with Gasteiger partial charge in [0.05, 0.1) is 11.1 Å². The molecule has 0 fully saturated rings. The molecule has 1 aromatic heterocycles. The van der Waals surface area contributed by atoms with E-state index in [4.69, 9.17) is 0 Å². The van der Waals surface area contributed by atoms with E-state index in [1.807, 2.05) is 16.8 Å². The lowest BCUT2D eigenvalue weighted by atomic mass is 10.2. The highest BCUT2D eigenvalue weighted by molar-refractivity contribution is 7.08. The third-order valence-electron chi connectivity index (χ3n) is 2.24. The van der Waals surface area contributed by atoms with Crippen molar-refractivity contribution in [3.05, 3.63) is 62.3 Å². The Kier molecular flexibility index (Phi) is 3.99. The number of benzene rings is 1. The summed E-state index contributed by atoms with van der Waals surface area (Å²) >= 11 is 1.52. The molecule has 0 atom stereocenters. The third kappa shape index (κ3) is 3.46. The molecule has 2 aromatic rings. The molecule has 0 saturated carbocycles. The van der Waals surface area contributed by atoms with Crippen LogP contribution >= 0.6 is 11.3 Å². The number of nitro benzene ring substituents is 1. The highest BCUT2D eigenvalue weighted by Gasteiger charge is 2.10. The molecular formula is C12H9N3O3S. The molecule has 0 spiro atoms. The van der Waals surface area contributed by atoms with Crippen molar-refractivity contribution in [3.63, 3.8) is 0 Å². The fourth-order valence-electron chi connectivity index (χ4n) is 1.34. The average Bonchev–Trinajstić information content (AvgIpc) is 2.92. The smallest absolute Gasteiger partial charge is 0.267 e. The third-order valence-corrected chi connectivity index (χ3v) is 2.94. The molecule has 2 rings (SSSR count). The maximum Gasteiger partial charge on any atom is 0.271 e. The fraction of sp³-hybridized carbons (Fsp3) is 0. The average molecular weight is 275 g/mol. The van der Waals surface area contributed by atoms with Gasteiger partial charge in [-0.05, 0) is 22.9 Å². The zero-order valence-corrected chi connectivity index (χ0v) is 10.5.